The van der Waals surface area contributed by atoms with Crippen molar-refractivity contribution in [2.45, 2.75) is 51.0 Å². The molecule has 7 heteroatoms. The summed E-state index contributed by atoms with van der Waals surface area (Å²) >= 11 is 0. The molecule has 182 valence electrons. The zero-order valence-electron chi connectivity index (χ0n) is 19.8. The van der Waals surface area contributed by atoms with Crippen LogP contribution < -0.4 is 15.0 Å². The Labute approximate surface area is 201 Å². The Kier molecular flexibility index (Phi) is 8.03. The van der Waals surface area contributed by atoms with Crippen LogP contribution in [0.5, 0.6) is 5.75 Å². The van der Waals surface area contributed by atoms with Gasteiger partial charge in [0.2, 0.25) is 5.91 Å². The number of rotatable bonds is 7. The number of benzene rings is 2. The van der Waals surface area contributed by atoms with Gasteiger partial charge >= 0.3 is 0 Å². The number of carbonyl (C=O) groups is 2. The van der Waals surface area contributed by atoms with Crippen molar-refractivity contribution < 1.29 is 18.7 Å². The predicted octanol–water partition coefficient (Wildman–Crippen LogP) is 4.85. The molecule has 1 saturated heterocycles. The molecule has 1 N–H and O–H groups in total. The van der Waals surface area contributed by atoms with Gasteiger partial charge in [-0.15, -0.1) is 0 Å². The maximum Gasteiger partial charge on any atom is 0.260 e. The van der Waals surface area contributed by atoms with Crippen molar-refractivity contribution in [3.8, 4) is 5.75 Å². The van der Waals surface area contributed by atoms with Crippen molar-refractivity contribution in [2.24, 2.45) is 5.92 Å². The predicted molar refractivity (Wildman–Crippen MR) is 132 cm³/mol. The van der Waals surface area contributed by atoms with E-state index in [4.69, 9.17) is 4.74 Å². The summed E-state index contributed by atoms with van der Waals surface area (Å²) < 4.78 is 20.4. The number of nitrogens with zero attached hydrogens (tertiary/aromatic N) is 2. The third-order valence-electron chi connectivity index (χ3n) is 7.04. The number of para-hydroxylation sites is 1. The largest absolute Gasteiger partial charge is 0.484 e. The maximum atomic E-state index is 14.8. The number of carbonyl (C=O) groups excluding carboxylic acids is 2. The monoisotopic (exact) mass is 467 g/mol. The van der Waals surface area contributed by atoms with Crippen molar-refractivity contribution in [3.05, 3.63) is 54.3 Å². The van der Waals surface area contributed by atoms with E-state index in [9.17, 15) is 14.0 Å². The normalized spacial score (nSPS) is 17.3. The lowest BCUT2D eigenvalue weighted by Crippen LogP contribution is -2.43. The van der Waals surface area contributed by atoms with Gasteiger partial charge < -0.3 is 19.9 Å². The highest BCUT2D eigenvalue weighted by Crippen LogP contribution is 2.29. The summed E-state index contributed by atoms with van der Waals surface area (Å²) in [5, 5.41) is 2.86. The fourth-order valence-electron chi connectivity index (χ4n) is 4.92. The summed E-state index contributed by atoms with van der Waals surface area (Å²) in [6, 6.07) is 14.5. The van der Waals surface area contributed by atoms with E-state index < -0.39 is 0 Å². The molecule has 1 aliphatic heterocycles. The van der Waals surface area contributed by atoms with Crippen LogP contribution in [0.3, 0.4) is 0 Å². The molecule has 0 atom stereocenters. The number of anilines is 2. The van der Waals surface area contributed by atoms with Crippen LogP contribution in [0.4, 0.5) is 15.8 Å². The van der Waals surface area contributed by atoms with Crippen LogP contribution in [-0.4, -0.2) is 49.5 Å². The molecule has 0 unspecified atom stereocenters. The average molecular weight is 468 g/mol. The average Bonchev–Trinajstić information content (AvgIpc) is 2.88. The van der Waals surface area contributed by atoms with Gasteiger partial charge in [-0.05, 0) is 56.0 Å². The van der Waals surface area contributed by atoms with E-state index >= 15 is 0 Å². The molecule has 0 radical (unpaired) electrons. The molecular weight excluding hydrogens is 433 g/mol. The van der Waals surface area contributed by atoms with Crippen molar-refractivity contribution in [2.75, 3.05) is 37.0 Å². The minimum atomic E-state index is -0.315. The lowest BCUT2D eigenvalue weighted by molar-refractivity contribution is -0.136. The number of halogens is 1. The lowest BCUT2D eigenvalue weighted by Gasteiger charge is -2.33. The summed E-state index contributed by atoms with van der Waals surface area (Å²) in [5.41, 5.74) is 1.05. The molecule has 1 heterocycles. The molecule has 34 heavy (non-hydrogen) atoms. The van der Waals surface area contributed by atoms with Gasteiger partial charge in [0.15, 0.2) is 6.61 Å². The quantitative estimate of drug-likeness (QED) is 0.632. The van der Waals surface area contributed by atoms with Crippen molar-refractivity contribution in [1.82, 2.24) is 4.90 Å². The topological polar surface area (TPSA) is 61.9 Å². The Balaban J connectivity index is 1.25. The highest BCUT2D eigenvalue weighted by molar-refractivity contribution is 5.93. The molecule has 0 bridgehead atoms. The fourth-order valence-corrected chi connectivity index (χ4v) is 4.92. The first-order valence-electron chi connectivity index (χ1n) is 12.3. The molecular formula is C27H34FN3O3. The van der Waals surface area contributed by atoms with Gasteiger partial charge in [-0.25, -0.2) is 4.39 Å². The molecule has 2 amide bonds. The summed E-state index contributed by atoms with van der Waals surface area (Å²) in [6.45, 7) is 1.00. The number of amides is 2. The summed E-state index contributed by atoms with van der Waals surface area (Å²) in [4.78, 5) is 29.0. The standard InChI is InChI=1S/C27H34FN3O3/c1-30(22-8-4-2-5-9-22)25-13-12-21(18-24(25)28)29-27(33)20-14-16-31(17-15-20)26(32)19-34-23-10-6-3-7-11-23/h3,6-7,10-13,18,20,22H,2,4-5,8-9,14-17,19H2,1H3,(H,29,33). The van der Waals surface area contributed by atoms with Crippen molar-refractivity contribution in [3.63, 3.8) is 0 Å². The van der Waals surface area contributed by atoms with Crippen LogP contribution in [0.1, 0.15) is 44.9 Å². The molecule has 4 rings (SSSR count). The van der Waals surface area contributed by atoms with Gasteiger partial charge in [0.1, 0.15) is 11.6 Å². The van der Waals surface area contributed by atoms with E-state index in [0.29, 0.717) is 49.1 Å². The van der Waals surface area contributed by atoms with E-state index in [1.807, 2.05) is 42.3 Å². The van der Waals surface area contributed by atoms with E-state index in [1.54, 1.807) is 17.0 Å². The van der Waals surface area contributed by atoms with E-state index in [0.717, 1.165) is 12.8 Å². The summed E-state index contributed by atoms with van der Waals surface area (Å²) in [7, 11) is 1.95. The Morgan fingerprint density at radius 2 is 1.74 bits per heavy atom. The van der Waals surface area contributed by atoms with Crippen LogP contribution in [0.2, 0.25) is 0 Å². The molecule has 6 nitrogen and oxygen atoms in total. The molecule has 1 aliphatic carbocycles. The van der Waals surface area contributed by atoms with Gasteiger partial charge in [-0.1, -0.05) is 37.5 Å². The zero-order chi connectivity index (χ0) is 23.9. The Bertz CT molecular complexity index is 970. The number of piperidine rings is 1. The third-order valence-corrected chi connectivity index (χ3v) is 7.04. The van der Waals surface area contributed by atoms with Crippen LogP contribution in [0.25, 0.3) is 0 Å². The highest BCUT2D eigenvalue weighted by Gasteiger charge is 2.28. The number of hydrogen-bond donors (Lipinski definition) is 1. The fraction of sp³-hybridized carbons (Fsp3) is 0.481. The Morgan fingerprint density at radius 1 is 1.03 bits per heavy atom. The van der Waals surface area contributed by atoms with Crippen molar-refractivity contribution in [1.29, 1.82) is 0 Å². The van der Waals surface area contributed by atoms with E-state index in [-0.39, 0.29) is 30.2 Å². The molecule has 1 saturated carbocycles. The SMILES string of the molecule is CN(c1ccc(NC(=O)C2CCN(C(=O)COc3ccccc3)CC2)cc1F)C1CCCCC1. The Morgan fingerprint density at radius 3 is 2.41 bits per heavy atom. The van der Waals surface area contributed by atoms with Gasteiger partial charge in [-0.2, -0.15) is 0 Å². The van der Waals surface area contributed by atoms with Crippen LogP contribution >= 0.6 is 0 Å². The minimum absolute atomic E-state index is 0.0121. The summed E-state index contributed by atoms with van der Waals surface area (Å²) in [5.74, 6) is -0.0624. The van der Waals surface area contributed by atoms with Gasteiger partial charge in [0.05, 0.1) is 5.69 Å². The Hall–Kier alpha value is -3.09. The lowest BCUT2D eigenvalue weighted by atomic mass is 9.94. The van der Waals surface area contributed by atoms with Gasteiger partial charge in [0, 0.05) is 37.8 Å². The first-order chi connectivity index (χ1) is 16.5. The first-order valence-corrected chi connectivity index (χ1v) is 12.3. The second-order valence-corrected chi connectivity index (χ2v) is 9.31. The van der Waals surface area contributed by atoms with Crippen LogP contribution in [0, 0.1) is 11.7 Å². The summed E-state index contributed by atoms with van der Waals surface area (Å²) in [6.07, 6.45) is 6.97. The number of nitrogens with one attached hydrogen (secondary N) is 1. The molecule has 2 aliphatic rings. The number of ether oxygens (including phenoxy) is 1. The first kappa shape index (κ1) is 24.0. The number of likely N-dealkylation sites (tertiary alicyclic amines) is 1. The second-order valence-electron chi connectivity index (χ2n) is 9.31. The molecule has 0 spiro atoms. The van der Waals surface area contributed by atoms with E-state index in [1.165, 1.54) is 25.3 Å². The van der Waals surface area contributed by atoms with E-state index in [2.05, 4.69) is 5.32 Å². The maximum absolute atomic E-state index is 14.8. The van der Waals surface area contributed by atoms with Gasteiger partial charge in [0.25, 0.3) is 5.91 Å². The molecule has 2 aromatic carbocycles. The zero-order valence-corrected chi connectivity index (χ0v) is 19.8. The van der Waals surface area contributed by atoms with Gasteiger partial charge in [-0.3, -0.25) is 9.59 Å². The third kappa shape index (κ3) is 6.07. The second kappa shape index (κ2) is 11.4. The minimum Gasteiger partial charge on any atom is -0.484 e. The smallest absolute Gasteiger partial charge is 0.260 e. The van der Waals surface area contributed by atoms with Crippen LogP contribution in [-0.2, 0) is 9.59 Å². The number of hydrogen-bond acceptors (Lipinski definition) is 4. The molecule has 0 aromatic heterocycles. The highest BCUT2D eigenvalue weighted by atomic mass is 19.1. The van der Waals surface area contributed by atoms with Crippen molar-refractivity contribution >= 4 is 23.2 Å². The molecule has 2 fully saturated rings. The molecule has 2 aromatic rings. The van der Waals surface area contributed by atoms with Crippen LogP contribution in [0.15, 0.2) is 48.5 Å².